The van der Waals surface area contributed by atoms with Crippen molar-refractivity contribution < 1.29 is 4.39 Å². The second-order valence-electron chi connectivity index (χ2n) is 6.23. The molecule has 0 aliphatic rings. The molecule has 0 spiro atoms. The van der Waals surface area contributed by atoms with Crippen LogP contribution in [0, 0.1) is 5.82 Å². The highest BCUT2D eigenvalue weighted by atomic mass is 127. The first-order valence-corrected chi connectivity index (χ1v) is 9.03. The van der Waals surface area contributed by atoms with E-state index < -0.39 is 0 Å². The van der Waals surface area contributed by atoms with Crippen molar-refractivity contribution >= 4 is 29.9 Å². The zero-order valence-corrected chi connectivity index (χ0v) is 18.1. The number of imidazole rings is 1. The second-order valence-corrected chi connectivity index (χ2v) is 6.23. The van der Waals surface area contributed by atoms with Gasteiger partial charge in [-0.1, -0.05) is 36.4 Å². The fourth-order valence-corrected chi connectivity index (χ4v) is 2.76. The molecule has 3 rings (SSSR count). The Balaban J connectivity index is 0.00000280. The molecule has 2 N–H and O–H groups in total. The molecule has 0 amide bonds. The van der Waals surface area contributed by atoms with Crippen molar-refractivity contribution in [3.8, 4) is 0 Å². The maximum Gasteiger partial charge on any atom is 0.191 e. The van der Waals surface area contributed by atoms with Crippen molar-refractivity contribution in [2.75, 3.05) is 6.54 Å². The standard InChI is InChI=1S/C21H24FN5.HI/c1-2-24-21(26-14-18-6-4-8-20(22)12-18)25-13-17-5-3-7-19(11-17)15-27-10-9-23-16-27;/h3-12,16H,2,13-15H2,1H3,(H2,24,25,26);1H. The number of aromatic nitrogens is 2. The Bertz CT molecular complexity index is 880. The van der Waals surface area contributed by atoms with Crippen molar-refractivity contribution in [2.45, 2.75) is 26.6 Å². The van der Waals surface area contributed by atoms with Crippen LogP contribution in [0.15, 0.2) is 72.2 Å². The van der Waals surface area contributed by atoms with Gasteiger partial charge in [-0.2, -0.15) is 0 Å². The van der Waals surface area contributed by atoms with E-state index in [1.54, 1.807) is 12.3 Å². The maximum atomic E-state index is 13.3. The SMILES string of the molecule is CCNC(=NCc1cccc(Cn2ccnc2)c1)NCc1cccc(F)c1.I. The molecule has 7 heteroatoms. The van der Waals surface area contributed by atoms with Gasteiger partial charge in [-0.15, -0.1) is 24.0 Å². The quantitative estimate of drug-likeness (QED) is 0.298. The van der Waals surface area contributed by atoms with Gasteiger partial charge in [-0.25, -0.2) is 14.4 Å². The van der Waals surface area contributed by atoms with E-state index in [2.05, 4.69) is 38.8 Å². The monoisotopic (exact) mass is 493 g/mol. The van der Waals surface area contributed by atoms with Crippen LogP contribution in [0.1, 0.15) is 23.6 Å². The van der Waals surface area contributed by atoms with Gasteiger partial charge in [0, 0.05) is 32.0 Å². The van der Waals surface area contributed by atoms with Crippen LogP contribution in [0.5, 0.6) is 0 Å². The number of halogens is 2. The third-order valence-corrected chi connectivity index (χ3v) is 4.03. The van der Waals surface area contributed by atoms with Gasteiger partial charge in [0.1, 0.15) is 5.82 Å². The minimum atomic E-state index is -0.231. The number of guanidine groups is 1. The predicted molar refractivity (Wildman–Crippen MR) is 121 cm³/mol. The Kier molecular flexibility index (Phi) is 8.93. The minimum absolute atomic E-state index is 0. The van der Waals surface area contributed by atoms with Gasteiger partial charge in [0.25, 0.3) is 0 Å². The predicted octanol–water partition coefficient (Wildman–Crippen LogP) is 3.94. The van der Waals surface area contributed by atoms with Crippen molar-refractivity contribution in [2.24, 2.45) is 4.99 Å². The number of nitrogens with zero attached hydrogens (tertiary/aromatic N) is 3. The van der Waals surface area contributed by atoms with Crippen LogP contribution in [-0.4, -0.2) is 22.1 Å². The van der Waals surface area contributed by atoms with E-state index in [1.807, 2.05) is 36.1 Å². The summed E-state index contributed by atoms with van der Waals surface area (Å²) in [4.78, 5) is 8.71. The van der Waals surface area contributed by atoms with E-state index in [0.29, 0.717) is 19.0 Å². The summed E-state index contributed by atoms with van der Waals surface area (Å²) in [6.07, 6.45) is 5.54. The summed E-state index contributed by atoms with van der Waals surface area (Å²) >= 11 is 0. The number of aliphatic imine (C=N–C) groups is 1. The molecule has 0 saturated heterocycles. The molecule has 2 aromatic carbocycles. The van der Waals surface area contributed by atoms with E-state index in [1.165, 1.54) is 17.7 Å². The fourth-order valence-electron chi connectivity index (χ4n) is 2.76. The first kappa shape index (κ1) is 21.9. The molecular weight excluding hydrogens is 468 g/mol. The number of hydrogen-bond donors (Lipinski definition) is 2. The van der Waals surface area contributed by atoms with Crippen LogP contribution in [0.4, 0.5) is 4.39 Å². The van der Waals surface area contributed by atoms with Crippen LogP contribution >= 0.6 is 24.0 Å². The molecule has 0 unspecified atom stereocenters. The second kappa shape index (κ2) is 11.4. The van der Waals surface area contributed by atoms with Crippen LogP contribution in [0.25, 0.3) is 0 Å². The summed E-state index contributed by atoms with van der Waals surface area (Å²) in [7, 11) is 0. The summed E-state index contributed by atoms with van der Waals surface area (Å²) < 4.78 is 15.3. The van der Waals surface area contributed by atoms with Gasteiger partial charge >= 0.3 is 0 Å². The molecule has 0 aliphatic heterocycles. The van der Waals surface area contributed by atoms with Gasteiger partial charge in [0.15, 0.2) is 5.96 Å². The Morgan fingerprint density at radius 2 is 1.86 bits per heavy atom. The Labute approximate surface area is 182 Å². The summed E-state index contributed by atoms with van der Waals surface area (Å²) in [6.45, 7) is 4.65. The van der Waals surface area contributed by atoms with Gasteiger partial charge < -0.3 is 15.2 Å². The lowest BCUT2D eigenvalue weighted by atomic mass is 10.1. The molecule has 1 aromatic heterocycles. The van der Waals surface area contributed by atoms with Crippen LogP contribution in [0.3, 0.4) is 0 Å². The van der Waals surface area contributed by atoms with E-state index in [0.717, 1.165) is 24.2 Å². The lowest BCUT2D eigenvalue weighted by Gasteiger charge is -2.12. The summed E-state index contributed by atoms with van der Waals surface area (Å²) in [5.74, 6) is 0.479. The summed E-state index contributed by atoms with van der Waals surface area (Å²) in [5, 5.41) is 6.47. The molecule has 0 fully saturated rings. The third-order valence-electron chi connectivity index (χ3n) is 4.03. The molecule has 0 aliphatic carbocycles. The van der Waals surface area contributed by atoms with Crippen LogP contribution in [-0.2, 0) is 19.6 Å². The highest BCUT2D eigenvalue weighted by molar-refractivity contribution is 14.0. The zero-order chi connectivity index (χ0) is 18.9. The Morgan fingerprint density at radius 1 is 1.07 bits per heavy atom. The number of benzene rings is 2. The molecule has 0 atom stereocenters. The third kappa shape index (κ3) is 6.95. The van der Waals surface area contributed by atoms with Gasteiger partial charge in [0.2, 0.25) is 0 Å². The molecule has 0 bridgehead atoms. The van der Waals surface area contributed by atoms with Crippen LogP contribution in [0.2, 0.25) is 0 Å². The average Bonchev–Trinajstić information content (AvgIpc) is 3.17. The molecule has 148 valence electrons. The smallest absolute Gasteiger partial charge is 0.191 e. The highest BCUT2D eigenvalue weighted by Gasteiger charge is 2.01. The van der Waals surface area contributed by atoms with Crippen molar-refractivity contribution in [3.63, 3.8) is 0 Å². The number of rotatable bonds is 7. The average molecular weight is 493 g/mol. The fraction of sp³-hybridized carbons (Fsp3) is 0.238. The number of hydrogen-bond acceptors (Lipinski definition) is 2. The minimum Gasteiger partial charge on any atom is -0.357 e. The molecule has 5 nitrogen and oxygen atoms in total. The van der Waals surface area contributed by atoms with Crippen LogP contribution < -0.4 is 10.6 Å². The van der Waals surface area contributed by atoms with Crippen molar-refractivity contribution in [1.82, 2.24) is 20.2 Å². The number of nitrogens with one attached hydrogen (secondary N) is 2. The molecule has 0 radical (unpaired) electrons. The van der Waals surface area contributed by atoms with Crippen molar-refractivity contribution in [1.29, 1.82) is 0 Å². The molecule has 3 aromatic rings. The molecule has 28 heavy (non-hydrogen) atoms. The van der Waals surface area contributed by atoms with E-state index >= 15 is 0 Å². The Hall–Kier alpha value is -2.42. The Morgan fingerprint density at radius 3 is 2.61 bits per heavy atom. The largest absolute Gasteiger partial charge is 0.357 e. The topological polar surface area (TPSA) is 54.2 Å². The first-order valence-electron chi connectivity index (χ1n) is 9.03. The molecule has 1 heterocycles. The normalized spacial score (nSPS) is 11.0. The van der Waals surface area contributed by atoms with Crippen molar-refractivity contribution in [3.05, 3.63) is 89.8 Å². The van der Waals surface area contributed by atoms with Gasteiger partial charge in [-0.3, -0.25) is 0 Å². The molecular formula is C21H25FIN5. The highest BCUT2D eigenvalue weighted by Crippen LogP contribution is 2.09. The van der Waals surface area contributed by atoms with E-state index in [4.69, 9.17) is 0 Å². The lowest BCUT2D eigenvalue weighted by Crippen LogP contribution is -2.36. The molecule has 0 saturated carbocycles. The van der Waals surface area contributed by atoms with Gasteiger partial charge in [0.05, 0.1) is 12.9 Å². The lowest BCUT2D eigenvalue weighted by molar-refractivity contribution is 0.624. The van der Waals surface area contributed by atoms with E-state index in [-0.39, 0.29) is 29.8 Å². The van der Waals surface area contributed by atoms with E-state index in [9.17, 15) is 4.39 Å². The zero-order valence-electron chi connectivity index (χ0n) is 15.8. The summed E-state index contributed by atoms with van der Waals surface area (Å²) in [5.41, 5.74) is 3.22. The maximum absolute atomic E-state index is 13.3. The first-order chi connectivity index (χ1) is 13.2. The van der Waals surface area contributed by atoms with Gasteiger partial charge in [-0.05, 0) is 35.7 Å². The summed E-state index contributed by atoms with van der Waals surface area (Å²) in [6, 6.07) is 14.9.